The summed E-state index contributed by atoms with van der Waals surface area (Å²) in [6, 6.07) is 7.40. The van der Waals surface area contributed by atoms with Crippen LogP contribution in [-0.2, 0) is 4.74 Å². The summed E-state index contributed by atoms with van der Waals surface area (Å²) in [7, 11) is 3.36. The van der Waals surface area contributed by atoms with E-state index in [-0.39, 0.29) is 5.97 Å². The largest absolute Gasteiger partial charge is 0.465 e. The Morgan fingerprint density at radius 1 is 1.32 bits per heavy atom. The first-order valence-electron chi connectivity index (χ1n) is 6.65. The maximum absolute atomic E-state index is 11.5. The molecule has 0 spiro atoms. The van der Waals surface area contributed by atoms with E-state index in [1.807, 2.05) is 25.2 Å². The van der Waals surface area contributed by atoms with Crippen LogP contribution in [0.25, 0.3) is 0 Å². The fourth-order valence-electron chi connectivity index (χ4n) is 1.93. The zero-order valence-electron chi connectivity index (χ0n) is 12.2. The molecule has 106 valence electrons. The Kier molecular flexibility index (Phi) is 6.36. The molecule has 0 amide bonds. The van der Waals surface area contributed by atoms with E-state index in [1.54, 1.807) is 6.07 Å². The summed E-state index contributed by atoms with van der Waals surface area (Å²) in [5, 5.41) is 6.59. The zero-order chi connectivity index (χ0) is 14.3. The van der Waals surface area contributed by atoms with Crippen molar-refractivity contribution in [2.24, 2.45) is 11.8 Å². The van der Waals surface area contributed by atoms with E-state index < -0.39 is 0 Å². The second kappa shape index (κ2) is 7.79. The summed E-state index contributed by atoms with van der Waals surface area (Å²) < 4.78 is 4.72. The van der Waals surface area contributed by atoms with Gasteiger partial charge in [-0.1, -0.05) is 19.9 Å². The third-order valence-corrected chi connectivity index (χ3v) is 3.26. The number of esters is 1. The second-order valence-corrected chi connectivity index (χ2v) is 5.02. The van der Waals surface area contributed by atoms with Gasteiger partial charge in [0.05, 0.1) is 12.7 Å². The Hall–Kier alpha value is -1.55. The number of ether oxygens (including phenoxy) is 1. The quantitative estimate of drug-likeness (QED) is 0.742. The first kappa shape index (κ1) is 15.5. The fraction of sp³-hybridized carbons (Fsp3) is 0.533. The maximum atomic E-state index is 11.5. The molecule has 0 bridgehead atoms. The van der Waals surface area contributed by atoms with Gasteiger partial charge in [0, 0.05) is 12.2 Å². The van der Waals surface area contributed by atoms with Gasteiger partial charge in [-0.3, -0.25) is 0 Å². The van der Waals surface area contributed by atoms with Gasteiger partial charge in [-0.25, -0.2) is 4.79 Å². The van der Waals surface area contributed by atoms with E-state index in [9.17, 15) is 4.79 Å². The lowest BCUT2D eigenvalue weighted by molar-refractivity contribution is 0.0601. The Morgan fingerprint density at radius 3 is 2.63 bits per heavy atom. The van der Waals surface area contributed by atoms with Crippen molar-refractivity contribution in [3.05, 3.63) is 29.8 Å². The predicted octanol–water partition coefficient (Wildman–Crippen LogP) is 2.38. The lowest BCUT2D eigenvalue weighted by atomic mass is 9.95. The first-order valence-corrected chi connectivity index (χ1v) is 6.65. The van der Waals surface area contributed by atoms with E-state index >= 15 is 0 Å². The number of benzene rings is 1. The number of anilines is 1. The van der Waals surface area contributed by atoms with Crippen molar-refractivity contribution in [1.29, 1.82) is 0 Å². The van der Waals surface area contributed by atoms with E-state index in [0.29, 0.717) is 17.4 Å². The minimum absolute atomic E-state index is 0.306. The Labute approximate surface area is 115 Å². The molecule has 1 unspecified atom stereocenters. The Balaban J connectivity index is 2.64. The molecule has 1 aromatic carbocycles. The topological polar surface area (TPSA) is 50.4 Å². The Morgan fingerprint density at radius 2 is 2.05 bits per heavy atom. The highest BCUT2D eigenvalue weighted by Gasteiger charge is 2.12. The van der Waals surface area contributed by atoms with Crippen LogP contribution in [0.1, 0.15) is 24.2 Å². The van der Waals surface area contributed by atoms with Gasteiger partial charge in [-0.15, -0.1) is 0 Å². The van der Waals surface area contributed by atoms with E-state index in [2.05, 4.69) is 24.5 Å². The molecule has 0 aliphatic heterocycles. The van der Waals surface area contributed by atoms with Gasteiger partial charge < -0.3 is 15.4 Å². The van der Waals surface area contributed by atoms with Crippen LogP contribution in [0.4, 0.5) is 5.69 Å². The molecule has 1 aromatic rings. The maximum Gasteiger partial charge on any atom is 0.337 e. The number of carbonyl (C=O) groups is 1. The van der Waals surface area contributed by atoms with Gasteiger partial charge in [0.2, 0.25) is 0 Å². The van der Waals surface area contributed by atoms with Crippen molar-refractivity contribution in [3.63, 3.8) is 0 Å². The van der Waals surface area contributed by atoms with E-state index in [4.69, 9.17) is 4.74 Å². The summed E-state index contributed by atoms with van der Waals surface area (Å²) in [4.78, 5) is 11.5. The molecular weight excluding hydrogens is 240 g/mol. The van der Waals surface area contributed by atoms with Gasteiger partial charge in [0.25, 0.3) is 0 Å². The molecule has 0 aliphatic carbocycles. The molecule has 0 aliphatic rings. The third kappa shape index (κ3) is 4.91. The van der Waals surface area contributed by atoms with Crippen LogP contribution in [0.3, 0.4) is 0 Å². The molecule has 0 radical (unpaired) electrons. The SMILES string of the molecule is CNCC(CNc1cccc(C(=O)OC)c1)C(C)C. The van der Waals surface area contributed by atoms with Crippen molar-refractivity contribution < 1.29 is 9.53 Å². The highest BCUT2D eigenvalue weighted by molar-refractivity contribution is 5.90. The molecule has 0 heterocycles. The summed E-state index contributed by atoms with van der Waals surface area (Å²) in [6.45, 7) is 6.29. The summed E-state index contributed by atoms with van der Waals surface area (Å²) in [5.41, 5.74) is 1.52. The lowest BCUT2D eigenvalue weighted by Crippen LogP contribution is -2.29. The number of nitrogens with one attached hydrogen (secondary N) is 2. The van der Waals surface area contributed by atoms with Crippen LogP contribution in [0, 0.1) is 11.8 Å². The molecule has 0 fully saturated rings. The van der Waals surface area contributed by atoms with E-state index in [1.165, 1.54) is 7.11 Å². The van der Waals surface area contributed by atoms with Crippen LogP contribution >= 0.6 is 0 Å². The van der Waals surface area contributed by atoms with Crippen molar-refractivity contribution in [2.75, 3.05) is 32.6 Å². The molecule has 4 heteroatoms. The van der Waals surface area contributed by atoms with Crippen molar-refractivity contribution in [3.8, 4) is 0 Å². The average Bonchev–Trinajstić information content (AvgIpc) is 2.42. The molecule has 0 saturated carbocycles. The monoisotopic (exact) mass is 264 g/mol. The van der Waals surface area contributed by atoms with Crippen molar-refractivity contribution in [1.82, 2.24) is 5.32 Å². The number of hydrogen-bond acceptors (Lipinski definition) is 4. The first-order chi connectivity index (χ1) is 9.08. The average molecular weight is 264 g/mol. The van der Waals surface area contributed by atoms with Crippen LogP contribution in [0.5, 0.6) is 0 Å². The lowest BCUT2D eigenvalue weighted by Gasteiger charge is -2.21. The molecule has 1 atom stereocenters. The standard InChI is InChI=1S/C15H24N2O2/c1-11(2)13(9-16-3)10-17-14-7-5-6-12(8-14)15(18)19-4/h5-8,11,13,16-17H,9-10H2,1-4H3. The van der Waals surface area contributed by atoms with Gasteiger partial charge >= 0.3 is 5.97 Å². The highest BCUT2D eigenvalue weighted by atomic mass is 16.5. The number of hydrogen-bond donors (Lipinski definition) is 2. The molecule has 0 saturated heterocycles. The smallest absolute Gasteiger partial charge is 0.337 e. The highest BCUT2D eigenvalue weighted by Crippen LogP contribution is 2.15. The number of rotatable bonds is 7. The van der Waals surface area contributed by atoms with E-state index in [0.717, 1.165) is 18.8 Å². The minimum Gasteiger partial charge on any atom is -0.465 e. The van der Waals surface area contributed by atoms with Gasteiger partial charge in [-0.05, 0) is 43.6 Å². The predicted molar refractivity (Wildman–Crippen MR) is 78.5 cm³/mol. The number of methoxy groups -OCH3 is 1. The summed E-state index contributed by atoms with van der Waals surface area (Å²) in [6.07, 6.45) is 0. The normalized spacial score (nSPS) is 12.3. The van der Waals surface area contributed by atoms with Crippen LogP contribution in [0.2, 0.25) is 0 Å². The molecule has 0 aromatic heterocycles. The third-order valence-electron chi connectivity index (χ3n) is 3.26. The molecule has 19 heavy (non-hydrogen) atoms. The molecule has 2 N–H and O–H groups in total. The van der Waals surface area contributed by atoms with Crippen LogP contribution < -0.4 is 10.6 Å². The zero-order valence-corrected chi connectivity index (χ0v) is 12.2. The van der Waals surface area contributed by atoms with Gasteiger partial charge in [-0.2, -0.15) is 0 Å². The second-order valence-electron chi connectivity index (χ2n) is 5.02. The number of carbonyl (C=O) groups excluding carboxylic acids is 1. The van der Waals surface area contributed by atoms with Crippen molar-refractivity contribution in [2.45, 2.75) is 13.8 Å². The molecule has 4 nitrogen and oxygen atoms in total. The van der Waals surface area contributed by atoms with Gasteiger partial charge in [0.1, 0.15) is 0 Å². The summed E-state index contributed by atoms with van der Waals surface area (Å²) in [5.74, 6) is 0.842. The van der Waals surface area contributed by atoms with Gasteiger partial charge in [0.15, 0.2) is 0 Å². The fourth-order valence-corrected chi connectivity index (χ4v) is 1.93. The summed E-state index contributed by atoms with van der Waals surface area (Å²) >= 11 is 0. The van der Waals surface area contributed by atoms with Crippen LogP contribution in [-0.4, -0.2) is 33.2 Å². The van der Waals surface area contributed by atoms with Crippen LogP contribution in [0.15, 0.2) is 24.3 Å². The Bertz CT molecular complexity index is 405. The van der Waals surface area contributed by atoms with Crippen molar-refractivity contribution >= 4 is 11.7 Å². The molecular formula is C15H24N2O2. The minimum atomic E-state index is -0.306. The molecule has 1 rings (SSSR count).